The van der Waals surface area contributed by atoms with Crippen molar-refractivity contribution in [3.8, 4) is 0 Å². The number of urea groups is 1. The zero-order valence-corrected chi connectivity index (χ0v) is 9.41. The number of hydrogen-bond acceptors (Lipinski definition) is 2. The number of carbonyl (C=O) groups is 1. The molecule has 0 saturated heterocycles. The molecule has 94 valence electrons. The van der Waals surface area contributed by atoms with Gasteiger partial charge in [-0.25, -0.2) is 13.6 Å². The van der Waals surface area contributed by atoms with Crippen LogP contribution in [0.15, 0.2) is 18.2 Å². The lowest BCUT2D eigenvalue weighted by Gasteiger charge is -2.06. The quantitative estimate of drug-likeness (QED) is 0.475. The van der Waals surface area contributed by atoms with Crippen LogP contribution < -0.4 is 16.4 Å². The third-order valence-electron chi connectivity index (χ3n) is 1.70. The highest BCUT2D eigenvalue weighted by atomic mass is 35.5. The summed E-state index contributed by atoms with van der Waals surface area (Å²) in [7, 11) is 0. The molecule has 2 amide bonds. The highest BCUT2D eigenvalue weighted by Crippen LogP contribution is 2.08. The summed E-state index contributed by atoms with van der Waals surface area (Å²) >= 11 is 0. The van der Waals surface area contributed by atoms with Crippen LogP contribution in [0.25, 0.3) is 0 Å². The number of hydrogen-bond donors (Lipinski definition) is 4. The van der Waals surface area contributed by atoms with Crippen LogP contribution in [-0.4, -0.2) is 12.0 Å². The summed E-state index contributed by atoms with van der Waals surface area (Å²) in [6, 6.07) is 2.17. The number of carbonyl (C=O) groups excluding carboxylic acids is 1. The van der Waals surface area contributed by atoms with Crippen LogP contribution in [0.2, 0.25) is 0 Å². The van der Waals surface area contributed by atoms with E-state index in [1.54, 1.807) is 0 Å². The molecule has 1 aromatic rings. The lowest BCUT2D eigenvalue weighted by Crippen LogP contribution is -2.42. The molecule has 0 aliphatic rings. The van der Waals surface area contributed by atoms with Gasteiger partial charge in [-0.3, -0.25) is 10.7 Å². The molecular weight excluding hydrogens is 254 g/mol. The van der Waals surface area contributed by atoms with Crippen LogP contribution in [0.3, 0.4) is 0 Å². The fourth-order valence-corrected chi connectivity index (χ4v) is 1.02. The molecule has 0 atom stereocenters. The Morgan fingerprint density at radius 2 is 2.06 bits per heavy atom. The second-order valence-corrected chi connectivity index (χ2v) is 2.96. The van der Waals surface area contributed by atoms with Crippen molar-refractivity contribution in [1.29, 1.82) is 5.41 Å². The van der Waals surface area contributed by atoms with E-state index in [-0.39, 0.29) is 24.5 Å². The SMILES string of the molecule is Cl.N=C(N)NC(=O)NCc1cc(F)ccc1F. The van der Waals surface area contributed by atoms with Gasteiger partial charge in [0.25, 0.3) is 0 Å². The molecule has 0 aliphatic heterocycles. The molecule has 1 aromatic carbocycles. The fraction of sp³-hybridized carbons (Fsp3) is 0.111. The van der Waals surface area contributed by atoms with E-state index in [1.165, 1.54) is 0 Å². The first kappa shape index (κ1) is 15.1. The van der Waals surface area contributed by atoms with Gasteiger partial charge in [0.05, 0.1) is 0 Å². The number of halogens is 3. The zero-order valence-electron chi connectivity index (χ0n) is 8.59. The second-order valence-electron chi connectivity index (χ2n) is 2.96. The topological polar surface area (TPSA) is 91.0 Å². The Morgan fingerprint density at radius 3 is 2.65 bits per heavy atom. The summed E-state index contributed by atoms with van der Waals surface area (Å²) in [5, 5.41) is 10.9. The van der Waals surface area contributed by atoms with Crippen LogP contribution in [0.1, 0.15) is 5.56 Å². The first-order valence-electron chi connectivity index (χ1n) is 4.32. The molecule has 0 fully saturated rings. The van der Waals surface area contributed by atoms with Crippen molar-refractivity contribution in [2.75, 3.05) is 0 Å². The van der Waals surface area contributed by atoms with Gasteiger partial charge < -0.3 is 11.1 Å². The normalized spacial score (nSPS) is 9.06. The minimum Gasteiger partial charge on any atom is -0.370 e. The van der Waals surface area contributed by atoms with Crippen LogP contribution in [0, 0.1) is 17.0 Å². The molecule has 0 unspecified atom stereocenters. The summed E-state index contributed by atoms with van der Waals surface area (Å²) in [6.07, 6.45) is 0. The van der Waals surface area contributed by atoms with E-state index in [0.29, 0.717) is 0 Å². The molecular formula is C9H11ClF2N4O. The predicted octanol–water partition coefficient (Wildman–Crippen LogP) is 1.08. The smallest absolute Gasteiger partial charge is 0.321 e. The van der Waals surface area contributed by atoms with Gasteiger partial charge in [0.15, 0.2) is 5.96 Å². The number of nitrogens with two attached hydrogens (primary N) is 1. The van der Waals surface area contributed by atoms with E-state index in [4.69, 9.17) is 11.1 Å². The average Bonchev–Trinajstić information content (AvgIpc) is 2.18. The van der Waals surface area contributed by atoms with Gasteiger partial charge >= 0.3 is 6.03 Å². The van der Waals surface area contributed by atoms with Crippen LogP contribution in [0.4, 0.5) is 13.6 Å². The Kier molecular flexibility index (Phi) is 5.90. The first-order valence-corrected chi connectivity index (χ1v) is 4.32. The summed E-state index contributed by atoms with van der Waals surface area (Å²) in [6.45, 7) is -0.192. The summed E-state index contributed by atoms with van der Waals surface area (Å²) in [4.78, 5) is 11.0. The van der Waals surface area contributed by atoms with Crippen molar-refractivity contribution in [1.82, 2.24) is 10.6 Å². The van der Waals surface area contributed by atoms with Gasteiger partial charge in [-0.1, -0.05) is 0 Å². The van der Waals surface area contributed by atoms with Gasteiger partial charge in [0.2, 0.25) is 0 Å². The van der Waals surface area contributed by atoms with Crippen molar-refractivity contribution >= 4 is 24.4 Å². The van der Waals surface area contributed by atoms with Gasteiger partial charge in [-0.05, 0) is 18.2 Å². The minimum absolute atomic E-state index is 0. The zero-order chi connectivity index (χ0) is 12.1. The minimum atomic E-state index is -0.754. The van der Waals surface area contributed by atoms with E-state index in [2.05, 4.69) is 5.32 Å². The Labute approximate surface area is 102 Å². The maximum Gasteiger partial charge on any atom is 0.321 e. The maximum absolute atomic E-state index is 13.1. The van der Waals surface area contributed by atoms with E-state index in [0.717, 1.165) is 18.2 Å². The third-order valence-corrected chi connectivity index (χ3v) is 1.70. The van der Waals surface area contributed by atoms with Gasteiger partial charge in [0, 0.05) is 12.1 Å². The predicted molar refractivity (Wildman–Crippen MR) is 60.9 cm³/mol. The fourth-order valence-electron chi connectivity index (χ4n) is 1.02. The van der Waals surface area contributed by atoms with E-state index >= 15 is 0 Å². The number of rotatable bonds is 2. The van der Waals surface area contributed by atoms with Crippen molar-refractivity contribution < 1.29 is 13.6 Å². The lowest BCUT2D eigenvalue weighted by atomic mass is 10.2. The molecule has 8 heteroatoms. The highest BCUT2D eigenvalue weighted by Gasteiger charge is 2.06. The van der Waals surface area contributed by atoms with Crippen LogP contribution >= 0.6 is 12.4 Å². The average molecular weight is 265 g/mol. The van der Waals surface area contributed by atoms with E-state index in [9.17, 15) is 13.6 Å². The molecule has 0 spiro atoms. The Balaban J connectivity index is 0.00000256. The largest absolute Gasteiger partial charge is 0.370 e. The van der Waals surface area contributed by atoms with Crippen LogP contribution in [-0.2, 0) is 6.54 Å². The van der Waals surface area contributed by atoms with E-state index in [1.807, 2.05) is 5.32 Å². The monoisotopic (exact) mass is 264 g/mol. The van der Waals surface area contributed by atoms with Gasteiger partial charge in [-0.15, -0.1) is 12.4 Å². The van der Waals surface area contributed by atoms with Gasteiger partial charge in [0.1, 0.15) is 11.6 Å². The third kappa shape index (κ3) is 5.12. The van der Waals surface area contributed by atoms with Crippen LogP contribution in [0.5, 0.6) is 0 Å². The molecule has 0 saturated carbocycles. The number of guanidine groups is 1. The number of benzene rings is 1. The Morgan fingerprint density at radius 1 is 1.41 bits per heavy atom. The molecule has 0 heterocycles. The molecule has 5 N–H and O–H groups in total. The highest BCUT2D eigenvalue weighted by molar-refractivity contribution is 5.93. The van der Waals surface area contributed by atoms with Crippen molar-refractivity contribution in [3.63, 3.8) is 0 Å². The molecule has 17 heavy (non-hydrogen) atoms. The van der Waals surface area contributed by atoms with Crippen molar-refractivity contribution in [2.45, 2.75) is 6.54 Å². The molecule has 0 aliphatic carbocycles. The standard InChI is InChI=1S/C9H10F2N4O.ClH/c10-6-1-2-7(11)5(3-6)4-14-9(16)15-8(12)13;/h1-3H,4H2,(H5,12,13,14,15,16);1H. The first-order chi connectivity index (χ1) is 7.49. The molecule has 1 rings (SSSR count). The Bertz CT molecular complexity index is 427. The molecule has 0 aromatic heterocycles. The Hall–Kier alpha value is -1.89. The summed E-state index contributed by atoms with van der Waals surface area (Å²) in [5.74, 6) is -1.74. The second kappa shape index (κ2) is 6.64. The van der Waals surface area contributed by atoms with E-state index < -0.39 is 23.6 Å². The van der Waals surface area contributed by atoms with Gasteiger partial charge in [-0.2, -0.15) is 0 Å². The maximum atomic E-state index is 13.1. The van der Waals surface area contributed by atoms with Crippen molar-refractivity contribution in [2.24, 2.45) is 5.73 Å². The summed E-state index contributed by atoms with van der Waals surface area (Å²) in [5.41, 5.74) is 4.91. The van der Waals surface area contributed by atoms with Crippen molar-refractivity contribution in [3.05, 3.63) is 35.4 Å². The summed E-state index contributed by atoms with van der Waals surface area (Å²) < 4.78 is 25.8. The lowest BCUT2D eigenvalue weighted by molar-refractivity contribution is 0.244. The number of amides is 2. The molecule has 5 nitrogen and oxygen atoms in total. The molecule has 0 radical (unpaired) electrons. The molecule has 0 bridgehead atoms. The number of nitrogens with one attached hydrogen (secondary N) is 3.